The number of ether oxygens (including phenoxy) is 3. The summed E-state index contributed by atoms with van der Waals surface area (Å²) in [6.45, 7) is 7.08. The second-order valence-electron chi connectivity index (χ2n) is 10.0. The van der Waals surface area contributed by atoms with Crippen LogP contribution in [0, 0.1) is 10.8 Å². The van der Waals surface area contributed by atoms with Gasteiger partial charge in [-0.15, -0.1) is 29.1 Å². The number of β-lactam (4-membered cyclic amide) rings is 1. The van der Waals surface area contributed by atoms with Gasteiger partial charge in [0.2, 0.25) is 12.7 Å². The maximum absolute atomic E-state index is 13.4. The monoisotopic (exact) mass is 540 g/mol. The van der Waals surface area contributed by atoms with Crippen molar-refractivity contribution in [3.8, 4) is 0 Å². The maximum atomic E-state index is 13.4. The quantitative estimate of drug-likeness (QED) is 0.256. The van der Waals surface area contributed by atoms with Gasteiger partial charge >= 0.3 is 11.9 Å². The molecule has 4 aliphatic heterocycles. The first-order valence-corrected chi connectivity index (χ1v) is 13.4. The van der Waals surface area contributed by atoms with Gasteiger partial charge in [-0.05, 0) is 33.8 Å². The lowest BCUT2D eigenvalue weighted by Crippen LogP contribution is -2.72. The molecule has 0 saturated carbocycles. The van der Waals surface area contributed by atoms with E-state index in [2.05, 4.69) is 10.5 Å². The molecule has 0 aromatic heterocycles. The lowest BCUT2D eigenvalue weighted by atomic mass is 9.89. The smallest absolute Gasteiger partial charge is 0.318 e. The molecule has 0 bridgehead atoms. The van der Waals surface area contributed by atoms with Crippen LogP contribution in [0.15, 0.2) is 28.1 Å². The number of rotatable bonds is 8. The number of hydrogen-bond acceptors (Lipinski definition) is 13. The van der Waals surface area contributed by atoms with Crippen molar-refractivity contribution in [3.05, 3.63) is 23.1 Å². The summed E-state index contributed by atoms with van der Waals surface area (Å²) in [5.74, 6) is 0.261. The molecule has 3 N–H and O–H groups in total. The van der Waals surface area contributed by atoms with Crippen LogP contribution in [0.1, 0.15) is 27.7 Å². The molecule has 0 aliphatic carbocycles. The minimum atomic E-state index is -1.02. The molecule has 0 aromatic rings. The molecule has 0 aromatic carbocycles. The third-order valence-electron chi connectivity index (χ3n) is 5.95. The van der Waals surface area contributed by atoms with Crippen LogP contribution in [0.5, 0.6) is 0 Å². The summed E-state index contributed by atoms with van der Waals surface area (Å²) in [4.78, 5) is 44.1. The minimum Gasteiger partial charge on any atom is -0.427 e. The van der Waals surface area contributed by atoms with Crippen LogP contribution in [-0.2, 0) is 28.6 Å². The number of esters is 2. The Bertz CT molecular complexity index is 1030. The number of methoxy groups -OCH3 is 1. The Labute approximate surface area is 218 Å². The van der Waals surface area contributed by atoms with Crippen LogP contribution in [-0.4, -0.2) is 88.6 Å². The van der Waals surface area contributed by atoms with E-state index in [1.165, 1.54) is 23.5 Å². The Hall–Kier alpha value is -2.26. The third kappa shape index (κ3) is 5.23. The van der Waals surface area contributed by atoms with Gasteiger partial charge in [-0.1, -0.05) is 0 Å². The van der Waals surface area contributed by atoms with Crippen molar-refractivity contribution >= 4 is 47.1 Å². The molecule has 2 fully saturated rings. The molecule has 3 atom stereocenters. The van der Waals surface area contributed by atoms with Crippen molar-refractivity contribution in [2.45, 2.75) is 39.1 Å². The van der Waals surface area contributed by atoms with Crippen molar-refractivity contribution in [1.29, 1.82) is 0 Å². The highest BCUT2D eigenvalue weighted by molar-refractivity contribution is 8.03. The lowest BCUT2D eigenvalue weighted by Gasteiger charge is -2.53. The number of carbonyl (C=O) groups is 3. The van der Waals surface area contributed by atoms with E-state index in [0.717, 1.165) is 10.7 Å². The Morgan fingerprint density at radius 3 is 2.81 bits per heavy atom. The van der Waals surface area contributed by atoms with E-state index in [0.29, 0.717) is 24.1 Å². The number of hydrogen-bond donors (Lipinski definition) is 2. The highest BCUT2D eigenvalue weighted by Gasteiger charge is 2.56. The Kier molecular flexibility index (Phi) is 7.62. The molecule has 36 heavy (non-hydrogen) atoms. The molecular formula is C22H32N6O6S2. The number of fused-ring (bicyclic) bond motifs is 2. The van der Waals surface area contributed by atoms with E-state index in [-0.39, 0.29) is 17.8 Å². The SMILES string of the molecule is COCN1C=C2N=C(C)C=C(SCC3(C(=O)OCOC(=O)C(C)(C)C)CS[C@@H]4C(N)C(=O)N4C3)N2N1. The van der Waals surface area contributed by atoms with E-state index < -0.39 is 35.6 Å². The number of hydrazine groups is 2. The maximum Gasteiger partial charge on any atom is 0.318 e. The van der Waals surface area contributed by atoms with E-state index in [1.807, 2.05) is 24.2 Å². The Morgan fingerprint density at radius 1 is 1.36 bits per heavy atom. The van der Waals surface area contributed by atoms with Crippen LogP contribution in [0.2, 0.25) is 0 Å². The van der Waals surface area contributed by atoms with Gasteiger partial charge in [-0.25, -0.2) is 10.0 Å². The zero-order chi connectivity index (χ0) is 26.3. The molecule has 1 amide bonds. The molecule has 2 saturated heterocycles. The number of nitrogens with zero attached hydrogens (tertiary/aromatic N) is 4. The van der Waals surface area contributed by atoms with Crippen molar-refractivity contribution in [3.63, 3.8) is 0 Å². The van der Waals surface area contributed by atoms with E-state index in [4.69, 9.17) is 19.9 Å². The standard InChI is InChI=1S/C22H32N6O6S2/c1-13-6-15(28-14(24-13)7-26(25-28)11-32-5)35-9-22(8-27-17(29)16(23)18(27)36-10-22)20(31)34-12-33-19(30)21(2,3)4/h6-7,16,18,25H,8-12,23H2,1-5H3/t16?,18-,22?/m1/s1. The number of carbonyl (C=O) groups excluding carboxylic acids is 3. The first-order chi connectivity index (χ1) is 16.9. The highest BCUT2D eigenvalue weighted by atomic mass is 32.2. The average Bonchev–Trinajstić information content (AvgIpc) is 3.23. The largest absolute Gasteiger partial charge is 0.427 e. The summed E-state index contributed by atoms with van der Waals surface area (Å²) in [7, 11) is 1.60. The summed E-state index contributed by atoms with van der Waals surface area (Å²) in [6.07, 6.45) is 3.74. The number of thioether (sulfide) groups is 2. The molecule has 4 aliphatic rings. The van der Waals surface area contributed by atoms with Gasteiger partial charge in [0, 0.05) is 30.9 Å². The van der Waals surface area contributed by atoms with Crippen molar-refractivity contribution in [2.24, 2.45) is 21.6 Å². The molecular weight excluding hydrogens is 508 g/mol. The van der Waals surface area contributed by atoms with Crippen molar-refractivity contribution in [1.82, 2.24) is 20.5 Å². The van der Waals surface area contributed by atoms with Gasteiger partial charge in [0.15, 0.2) is 5.82 Å². The molecule has 12 nitrogen and oxygen atoms in total. The zero-order valence-electron chi connectivity index (χ0n) is 21.0. The van der Waals surface area contributed by atoms with Gasteiger partial charge in [0.25, 0.3) is 0 Å². The number of allylic oxidation sites excluding steroid dienone is 1. The van der Waals surface area contributed by atoms with Crippen LogP contribution in [0.4, 0.5) is 0 Å². The van der Waals surface area contributed by atoms with Gasteiger partial charge in [0.05, 0.1) is 16.6 Å². The van der Waals surface area contributed by atoms with Crippen molar-refractivity contribution in [2.75, 3.05) is 38.7 Å². The topological polar surface area (TPSA) is 139 Å². The van der Waals surface area contributed by atoms with Crippen LogP contribution >= 0.6 is 23.5 Å². The lowest BCUT2D eigenvalue weighted by molar-refractivity contribution is -0.179. The second-order valence-corrected chi connectivity index (χ2v) is 12.1. The predicted octanol–water partition coefficient (Wildman–Crippen LogP) is 0.794. The van der Waals surface area contributed by atoms with Gasteiger partial charge in [-0.2, -0.15) is 0 Å². The summed E-state index contributed by atoms with van der Waals surface area (Å²) < 4.78 is 15.8. The number of aliphatic imine (C=N–C) groups is 1. The average molecular weight is 541 g/mol. The molecule has 4 heterocycles. The van der Waals surface area contributed by atoms with Crippen LogP contribution in [0.25, 0.3) is 0 Å². The zero-order valence-corrected chi connectivity index (χ0v) is 22.6. The molecule has 0 spiro atoms. The summed E-state index contributed by atoms with van der Waals surface area (Å²) in [5, 5.41) is 4.24. The molecule has 4 rings (SSSR count). The van der Waals surface area contributed by atoms with Gasteiger partial charge in [0.1, 0.15) is 23.6 Å². The number of nitrogens with two attached hydrogens (primary N) is 1. The van der Waals surface area contributed by atoms with Crippen LogP contribution in [0.3, 0.4) is 0 Å². The molecule has 0 radical (unpaired) electrons. The predicted molar refractivity (Wildman–Crippen MR) is 135 cm³/mol. The van der Waals surface area contributed by atoms with E-state index in [9.17, 15) is 14.4 Å². The van der Waals surface area contributed by atoms with E-state index in [1.54, 1.807) is 37.8 Å². The Balaban J connectivity index is 1.47. The van der Waals surface area contributed by atoms with Gasteiger partial charge in [-0.3, -0.25) is 19.4 Å². The normalized spacial score (nSPS) is 27.4. The summed E-state index contributed by atoms with van der Waals surface area (Å²) in [5.41, 5.74) is 8.21. The van der Waals surface area contributed by atoms with Gasteiger partial charge < -0.3 is 24.8 Å². The molecule has 2 unspecified atom stereocenters. The fourth-order valence-corrected chi connectivity index (χ4v) is 6.80. The molecule has 198 valence electrons. The fraction of sp³-hybridized carbons (Fsp3) is 0.636. The summed E-state index contributed by atoms with van der Waals surface area (Å²) >= 11 is 2.92. The second kappa shape index (κ2) is 10.2. The minimum absolute atomic E-state index is 0.150. The summed E-state index contributed by atoms with van der Waals surface area (Å²) in [6, 6.07) is -0.558. The number of amides is 1. The molecule has 14 heteroatoms. The number of nitrogens with one attached hydrogen (secondary N) is 1. The Morgan fingerprint density at radius 2 is 2.11 bits per heavy atom. The van der Waals surface area contributed by atoms with Crippen LogP contribution < -0.4 is 11.3 Å². The van der Waals surface area contributed by atoms with E-state index >= 15 is 0 Å². The first kappa shape index (κ1) is 26.8. The fourth-order valence-electron chi connectivity index (χ4n) is 3.93. The first-order valence-electron chi connectivity index (χ1n) is 11.4. The third-order valence-corrected chi connectivity index (χ3v) is 8.85. The van der Waals surface area contributed by atoms with Crippen molar-refractivity contribution < 1.29 is 28.6 Å². The highest BCUT2D eigenvalue weighted by Crippen LogP contribution is 2.45.